The van der Waals surface area contributed by atoms with E-state index in [1.807, 2.05) is 11.3 Å². The van der Waals surface area contributed by atoms with Crippen LogP contribution in [0.3, 0.4) is 0 Å². The zero-order valence-corrected chi connectivity index (χ0v) is 8.54. The molecule has 0 nitrogen and oxygen atoms in total. The Morgan fingerprint density at radius 3 is 2.56 bits per heavy atom. The van der Waals surface area contributed by atoms with Crippen molar-refractivity contribution in [2.45, 2.75) is 20.3 Å². The maximum absolute atomic E-state index is 2.40. The van der Waals surface area contributed by atoms with E-state index < -0.39 is 0 Å². The van der Waals surface area contributed by atoms with Gasteiger partial charge >= 0.3 is 0 Å². The molecule has 0 radical (unpaired) electrons. The van der Waals surface area contributed by atoms with Gasteiger partial charge in [0.05, 0.1) is 2.88 Å². The van der Waals surface area contributed by atoms with Gasteiger partial charge in [-0.3, -0.25) is 0 Å². The van der Waals surface area contributed by atoms with Gasteiger partial charge in [0.25, 0.3) is 0 Å². The Bertz CT molecular complexity index is 203. The normalized spacial score (nSPS) is 10.1. The summed E-state index contributed by atoms with van der Waals surface area (Å²) in [5, 5.41) is 0. The van der Waals surface area contributed by atoms with E-state index in [0.29, 0.717) is 0 Å². The highest BCUT2D eigenvalue weighted by Crippen LogP contribution is 2.23. The van der Waals surface area contributed by atoms with E-state index >= 15 is 0 Å². The van der Waals surface area contributed by atoms with Crippen molar-refractivity contribution in [3.05, 3.63) is 19.4 Å². The first kappa shape index (κ1) is 7.54. The van der Waals surface area contributed by atoms with Gasteiger partial charge in [0.15, 0.2) is 0 Å². The molecule has 0 spiro atoms. The summed E-state index contributed by atoms with van der Waals surface area (Å²) >= 11 is 4.28. The Morgan fingerprint density at radius 2 is 2.33 bits per heavy atom. The van der Waals surface area contributed by atoms with Gasteiger partial charge in [-0.25, -0.2) is 0 Å². The molecule has 0 atom stereocenters. The van der Waals surface area contributed by atoms with Crippen molar-refractivity contribution in [2.75, 3.05) is 0 Å². The molecule has 0 fully saturated rings. The molecule has 0 aliphatic carbocycles. The van der Waals surface area contributed by atoms with Crippen LogP contribution >= 0.6 is 33.9 Å². The first-order valence-corrected chi connectivity index (χ1v) is 4.88. The molecule has 0 bridgehead atoms. The minimum Gasteiger partial charge on any atom is -0.134 e. The van der Waals surface area contributed by atoms with Crippen LogP contribution in [-0.4, -0.2) is 0 Å². The molecule has 0 amide bonds. The fraction of sp³-hybridized carbons (Fsp3) is 0.429. The smallest absolute Gasteiger partial charge is 0.0688 e. The summed E-state index contributed by atoms with van der Waals surface area (Å²) in [5.74, 6) is 0. The lowest BCUT2D eigenvalue weighted by molar-refractivity contribution is 1.14. The Balaban J connectivity index is 3.01. The molecule has 1 rings (SSSR count). The third kappa shape index (κ3) is 1.67. The van der Waals surface area contributed by atoms with E-state index in [2.05, 4.69) is 42.5 Å². The Kier molecular flexibility index (Phi) is 2.52. The van der Waals surface area contributed by atoms with Gasteiger partial charge in [-0.2, -0.15) is 0 Å². The van der Waals surface area contributed by atoms with Crippen molar-refractivity contribution in [3.63, 3.8) is 0 Å². The highest BCUT2D eigenvalue weighted by Gasteiger charge is 1.99. The molecular weight excluding hydrogens is 243 g/mol. The first-order valence-electron chi connectivity index (χ1n) is 2.99. The molecule has 50 valence electrons. The molecule has 0 aromatic carbocycles. The van der Waals surface area contributed by atoms with Gasteiger partial charge in [0.1, 0.15) is 0 Å². The second-order valence-corrected chi connectivity index (χ2v) is 5.08. The second kappa shape index (κ2) is 3.01. The fourth-order valence-electron chi connectivity index (χ4n) is 0.779. The molecule has 0 saturated heterocycles. The predicted octanol–water partition coefficient (Wildman–Crippen LogP) is 3.22. The number of halogens is 1. The van der Waals surface area contributed by atoms with E-state index in [9.17, 15) is 0 Å². The van der Waals surface area contributed by atoms with E-state index in [1.165, 1.54) is 19.7 Å². The average molecular weight is 252 g/mol. The lowest BCUT2D eigenvalue weighted by atomic mass is 10.2. The lowest BCUT2D eigenvalue weighted by Gasteiger charge is -1.86. The fourth-order valence-corrected chi connectivity index (χ4v) is 3.18. The van der Waals surface area contributed by atoms with E-state index in [4.69, 9.17) is 0 Å². The van der Waals surface area contributed by atoms with E-state index in [-0.39, 0.29) is 0 Å². The zero-order chi connectivity index (χ0) is 6.85. The standard InChI is InChI=1S/C7H9IS/c1-3-6-4-5(2)9-7(6)8/h4H,3H2,1-2H3. The zero-order valence-electron chi connectivity index (χ0n) is 5.57. The van der Waals surface area contributed by atoms with Crippen molar-refractivity contribution in [1.29, 1.82) is 0 Å². The highest BCUT2D eigenvalue weighted by atomic mass is 127. The summed E-state index contributed by atoms with van der Waals surface area (Å²) in [4.78, 5) is 1.43. The topological polar surface area (TPSA) is 0 Å². The Labute approximate surface area is 73.4 Å². The second-order valence-electron chi connectivity index (χ2n) is 2.01. The van der Waals surface area contributed by atoms with Crippen LogP contribution in [0.15, 0.2) is 6.07 Å². The molecule has 0 N–H and O–H groups in total. The highest BCUT2D eigenvalue weighted by molar-refractivity contribution is 14.1. The third-order valence-corrected chi connectivity index (χ3v) is 3.50. The number of hydrogen-bond donors (Lipinski definition) is 0. The van der Waals surface area contributed by atoms with Crippen molar-refractivity contribution in [3.8, 4) is 0 Å². The Hall–Kier alpha value is 0.430. The molecule has 0 saturated carbocycles. The molecule has 1 aromatic rings. The molecule has 9 heavy (non-hydrogen) atoms. The van der Waals surface area contributed by atoms with Crippen LogP contribution in [0, 0.1) is 9.81 Å². The summed E-state index contributed by atoms with van der Waals surface area (Å²) in [7, 11) is 0. The predicted molar refractivity (Wildman–Crippen MR) is 51.2 cm³/mol. The monoisotopic (exact) mass is 252 g/mol. The van der Waals surface area contributed by atoms with Crippen LogP contribution in [-0.2, 0) is 6.42 Å². The summed E-state index contributed by atoms with van der Waals surface area (Å²) < 4.78 is 1.45. The summed E-state index contributed by atoms with van der Waals surface area (Å²) in [6.07, 6.45) is 1.17. The lowest BCUT2D eigenvalue weighted by Crippen LogP contribution is -1.73. The summed E-state index contributed by atoms with van der Waals surface area (Å²) in [6.45, 7) is 4.36. The minimum atomic E-state index is 1.17. The van der Waals surface area contributed by atoms with Crippen molar-refractivity contribution in [1.82, 2.24) is 0 Å². The maximum Gasteiger partial charge on any atom is 0.0688 e. The quantitative estimate of drug-likeness (QED) is 0.673. The van der Waals surface area contributed by atoms with Gasteiger partial charge in [0, 0.05) is 4.88 Å². The van der Waals surface area contributed by atoms with Gasteiger partial charge in [-0.05, 0) is 47.6 Å². The number of aryl methyl sites for hydroxylation is 2. The molecule has 0 unspecified atom stereocenters. The van der Waals surface area contributed by atoms with Crippen molar-refractivity contribution >= 4 is 33.9 Å². The van der Waals surface area contributed by atoms with Crippen LogP contribution in [0.2, 0.25) is 0 Å². The summed E-state index contributed by atoms with van der Waals surface area (Å²) in [5.41, 5.74) is 1.50. The SMILES string of the molecule is CCc1cc(C)sc1I. The van der Waals surface area contributed by atoms with E-state index in [1.54, 1.807) is 0 Å². The van der Waals surface area contributed by atoms with E-state index in [0.717, 1.165) is 0 Å². The van der Waals surface area contributed by atoms with Crippen LogP contribution in [0.5, 0.6) is 0 Å². The van der Waals surface area contributed by atoms with Gasteiger partial charge in [0.2, 0.25) is 0 Å². The van der Waals surface area contributed by atoms with Gasteiger partial charge < -0.3 is 0 Å². The minimum absolute atomic E-state index is 1.17. The van der Waals surface area contributed by atoms with Gasteiger partial charge in [-0.1, -0.05) is 6.92 Å². The molecule has 1 aromatic heterocycles. The van der Waals surface area contributed by atoms with Crippen LogP contribution in [0.4, 0.5) is 0 Å². The summed E-state index contributed by atoms with van der Waals surface area (Å²) in [6, 6.07) is 2.27. The van der Waals surface area contributed by atoms with Crippen LogP contribution in [0.25, 0.3) is 0 Å². The molecule has 0 aliphatic heterocycles. The average Bonchev–Trinajstić information content (AvgIpc) is 2.10. The Morgan fingerprint density at radius 1 is 1.67 bits per heavy atom. The van der Waals surface area contributed by atoms with Crippen LogP contribution < -0.4 is 0 Å². The molecule has 1 heterocycles. The molecule has 0 aliphatic rings. The maximum atomic E-state index is 2.40. The van der Waals surface area contributed by atoms with Crippen molar-refractivity contribution < 1.29 is 0 Å². The molecular formula is C7H9IS. The number of hydrogen-bond acceptors (Lipinski definition) is 1. The van der Waals surface area contributed by atoms with Crippen molar-refractivity contribution in [2.24, 2.45) is 0 Å². The van der Waals surface area contributed by atoms with Crippen LogP contribution in [0.1, 0.15) is 17.4 Å². The largest absolute Gasteiger partial charge is 0.134 e. The third-order valence-electron chi connectivity index (χ3n) is 1.26. The first-order chi connectivity index (χ1) is 4.24. The number of rotatable bonds is 1. The number of thiophene rings is 1. The molecule has 2 heteroatoms. The van der Waals surface area contributed by atoms with Gasteiger partial charge in [-0.15, -0.1) is 11.3 Å².